The second kappa shape index (κ2) is 10.2. The zero-order chi connectivity index (χ0) is 11.5. The van der Waals surface area contributed by atoms with Gasteiger partial charge in [0, 0.05) is 19.2 Å². The largest absolute Gasteiger partial charge is 0.377 e. The molecule has 0 aliphatic carbocycles. The number of rotatable bonds is 10. The van der Waals surface area contributed by atoms with Crippen LogP contribution in [0.3, 0.4) is 0 Å². The number of allylic oxidation sites excluding steroid dienone is 1. The summed E-state index contributed by atoms with van der Waals surface area (Å²) in [6, 6.07) is 0.606. The minimum atomic E-state index is 0.314. The van der Waals surface area contributed by atoms with Crippen molar-refractivity contribution in [1.82, 2.24) is 5.32 Å². The molecular weight excluding hydrogens is 186 g/mol. The first-order chi connectivity index (χ1) is 7.20. The zero-order valence-electron chi connectivity index (χ0n) is 10.6. The second-order valence-corrected chi connectivity index (χ2v) is 4.21. The van der Waals surface area contributed by atoms with Gasteiger partial charge < -0.3 is 10.1 Å². The van der Waals surface area contributed by atoms with Crippen LogP contribution in [0.4, 0.5) is 0 Å². The molecule has 0 rings (SSSR count). The Balaban J connectivity index is 3.31. The van der Waals surface area contributed by atoms with E-state index >= 15 is 0 Å². The van der Waals surface area contributed by atoms with Crippen LogP contribution < -0.4 is 5.32 Å². The maximum atomic E-state index is 5.66. The predicted octanol–water partition coefficient (Wildman–Crippen LogP) is 3.14. The van der Waals surface area contributed by atoms with Crippen molar-refractivity contribution in [2.45, 2.75) is 58.6 Å². The zero-order valence-corrected chi connectivity index (χ0v) is 10.6. The first-order valence-electron chi connectivity index (χ1n) is 6.16. The van der Waals surface area contributed by atoms with Crippen LogP contribution in [0.25, 0.3) is 0 Å². The van der Waals surface area contributed by atoms with Crippen molar-refractivity contribution in [3.63, 3.8) is 0 Å². The van der Waals surface area contributed by atoms with Gasteiger partial charge in [0.2, 0.25) is 0 Å². The van der Waals surface area contributed by atoms with Gasteiger partial charge in [0.1, 0.15) is 0 Å². The molecule has 90 valence electrons. The fraction of sp³-hybridized carbons (Fsp3) is 0.846. The summed E-state index contributed by atoms with van der Waals surface area (Å²) in [6.45, 7) is 12.1. The average Bonchev–Trinajstić information content (AvgIpc) is 2.22. The number of unbranched alkanes of at least 4 members (excludes halogenated alkanes) is 1. The van der Waals surface area contributed by atoms with Crippen LogP contribution in [0.1, 0.15) is 46.5 Å². The second-order valence-electron chi connectivity index (χ2n) is 4.21. The van der Waals surface area contributed by atoms with Crippen LogP contribution in [0.5, 0.6) is 0 Å². The van der Waals surface area contributed by atoms with E-state index in [9.17, 15) is 0 Å². The summed E-state index contributed by atoms with van der Waals surface area (Å²) in [4.78, 5) is 0. The van der Waals surface area contributed by atoms with Crippen LogP contribution in [0.2, 0.25) is 0 Å². The highest BCUT2D eigenvalue weighted by molar-refractivity contribution is 4.66. The summed E-state index contributed by atoms with van der Waals surface area (Å²) < 4.78 is 5.66. The smallest absolute Gasteiger partial charge is 0.0671 e. The van der Waals surface area contributed by atoms with Gasteiger partial charge in [0.15, 0.2) is 0 Å². The molecular formula is C13H27NO. The molecule has 2 heteroatoms. The SMILES string of the molecule is C=CCCCOC(C)CNC(C)CCC. The van der Waals surface area contributed by atoms with Crippen molar-refractivity contribution in [2.75, 3.05) is 13.2 Å². The number of hydrogen-bond donors (Lipinski definition) is 1. The molecule has 0 aliphatic heterocycles. The Morgan fingerprint density at radius 2 is 2.13 bits per heavy atom. The van der Waals surface area contributed by atoms with E-state index in [4.69, 9.17) is 4.74 Å². The lowest BCUT2D eigenvalue weighted by molar-refractivity contribution is 0.0628. The molecule has 0 bridgehead atoms. The number of nitrogens with one attached hydrogen (secondary N) is 1. The molecule has 0 saturated carbocycles. The lowest BCUT2D eigenvalue weighted by Gasteiger charge is -2.17. The lowest BCUT2D eigenvalue weighted by atomic mass is 10.2. The summed E-state index contributed by atoms with van der Waals surface area (Å²) >= 11 is 0. The molecule has 2 atom stereocenters. The molecule has 0 aromatic rings. The molecule has 2 nitrogen and oxygen atoms in total. The van der Waals surface area contributed by atoms with E-state index in [1.165, 1.54) is 12.8 Å². The monoisotopic (exact) mass is 213 g/mol. The Morgan fingerprint density at radius 3 is 2.73 bits per heavy atom. The maximum absolute atomic E-state index is 5.66. The van der Waals surface area contributed by atoms with E-state index in [0.29, 0.717) is 12.1 Å². The van der Waals surface area contributed by atoms with Gasteiger partial charge in [0.25, 0.3) is 0 Å². The minimum Gasteiger partial charge on any atom is -0.377 e. The first kappa shape index (κ1) is 14.7. The van der Waals surface area contributed by atoms with Gasteiger partial charge in [-0.3, -0.25) is 0 Å². The van der Waals surface area contributed by atoms with Crippen LogP contribution in [-0.4, -0.2) is 25.3 Å². The molecule has 0 aromatic carbocycles. The van der Waals surface area contributed by atoms with Crippen molar-refractivity contribution in [3.8, 4) is 0 Å². The Morgan fingerprint density at radius 1 is 1.40 bits per heavy atom. The molecule has 0 aliphatic rings. The van der Waals surface area contributed by atoms with Crippen molar-refractivity contribution < 1.29 is 4.74 Å². The molecule has 15 heavy (non-hydrogen) atoms. The Kier molecular flexibility index (Phi) is 9.96. The first-order valence-corrected chi connectivity index (χ1v) is 6.16. The van der Waals surface area contributed by atoms with Gasteiger partial charge in [-0.25, -0.2) is 0 Å². The molecule has 1 N–H and O–H groups in total. The van der Waals surface area contributed by atoms with Crippen LogP contribution >= 0.6 is 0 Å². The summed E-state index contributed by atoms with van der Waals surface area (Å²) in [5, 5.41) is 3.48. The molecule has 0 saturated heterocycles. The molecule has 0 amide bonds. The van der Waals surface area contributed by atoms with E-state index in [0.717, 1.165) is 26.0 Å². The van der Waals surface area contributed by atoms with Gasteiger partial charge in [0.05, 0.1) is 6.10 Å². The third-order valence-corrected chi connectivity index (χ3v) is 2.43. The Bertz CT molecular complexity index is 147. The van der Waals surface area contributed by atoms with Crippen molar-refractivity contribution in [1.29, 1.82) is 0 Å². The average molecular weight is 213 g/mol. The van der Waals surface area contributed by atoms with Gasteiger partial charge in [-0.1, -0.05) is 19.4 Å². The van der Waals surface area contributed by atoms with Gasteiger partial charge >= 0.3 is 0 Å². The summed E-state index contributed by atoms with van der Waals surface area (Å²) in [5.41, 5.74) is 0. The van der Waals surface area contributed by atoms with Gasteiger partial charge in [-0.15, -0.1) is 6.58 Å². The van der Waals surface area contributed by atoms with Crippen molar-refractivity contribution >= 4 is 0 Å². The number of ether oxygens (including phenoxy) is 1. The van der Waals surface area contributed by atoms with Crippen LogP contribution in [-0.2, 0) is 4.74 Å². The van der Waals surface area contributed by atoms with E-state index in [-0.39, 0.29) is 0 Å². The highest BCUT2D eigenvalue weighted by Crippen LogP contribution is 1.98. The summed E-state index contributed by atoms with van der Waals surface area (Å²) in [5.74, 6) is 0. The molecule has 0 spiro atoms. The molecule has 2 unspecified atom stereocenters. The molecule has 0 radical (unpaired) electrons. The minimum absolute atomic E-state index is 0.314. The number of hydrogen-bond acceptors (Lipinski definition) is 2. The molecule has 0 heterocycles. The van der Waals surface area contributed by atoms with E-state index in [1.54, 1.807) is 0 Å². The fourth-order valence-electron chi connectivity index (χ4n) is 1.47. The normalized spacial score (nSPS) is 14.9. The molecule has 0 aromatic heterocycles. The maximum Gasteiger partial charge on any atom is 0.0671 e. The standard InChI is InChI=1S/C13H27NO/c1-5-7-8-10-15-13(4)11-14-12(3)9-6-2/h5,12-14H,1,6-11H2,2-4H3. The molecule has 0 fully saturated rings. The van der Waals surface area contributed by atoms with Crippen molar-refractivity contribution in [3.05, 3.63) is 12.7 Å². The Labute approximate surface area is 95.1 Å². The highest BCUT2D eigenvalue weighted by atomic mass is 16.5. The lowest BCUT2D eigenvalue weighted by Crippen LogP contribution is -2.33. The Hall–Kier alpha value is -0.340. The van der Waals surface area contributed by atoms with Gasteiger partial charge in [-0.2, -0.15) is 0 Å². The fourth-order valence-corrected chi connectivity index (χ4v) is 1.47. The van der Waals surface area contributed by atoms with Crippen LogP contribution in [0.15, 0.2) is 12.7 Å². The van der Waals surface area contributed by atoms with Crippen LogP contribution in [0, 0.1) is 0 Å². The van der Waals surface area contributed by atoms with E-state index in [1.807, 2.05) is 6.08 Å². The van der Waals surface area contributed by atoms with Gasteiger partial charge in [-0.05, 0) is 33.1 Å². The van der Waals surface area contributed by atoms with E-state index < -0.39 is 0 Å². The quantitative estimate of drug-likeness (QED) is 0.444. The van der Waals surface area contributed by atoms with Crippen molar-refractivity contribution in [2.24, 2.45) is 0 Å². The summed E-state index contributed by atoms with van der Waals surface area (Å²) in [6.07, 6.45) is 6.86. The predicted molar refractivity (Wildman–Crippen MR) is 67.2 cm³/mol. The third-order valence-electron chi connectivity index (χ3n) is 2.43. The topological polar surface area (TPSA) is 21.3 Å². The highest BCUT2D eigenvalue weighted by Gasteiger charge is 2.04. The summed E-state index contributed by atoms with van der Waals surface area (Å²) in [7, 11) is 0. The van der Waals surface area contributed by atoms with E-state index in [2.05, 4.69) is 32.7 Å². The third kappa shape index (κ3) is 9.95.